The molecule has 0 radical (unpaired) electrons. The minimum absolute atomic E-state index is 0.0779. The summed E-state index contributed by atoms with van der Waals surface area (Å²) in [6.45, 7) is 2.94. The molecule has 2 heterocycles. The largest absolute Gasteiger partial charge is 0.463 e. The minimum Gasteiger partial charge on any atom is -0.463 e. The van der Waals surface area contributed by atoms with E-state index in [4.69, 9.17) is 16.0 Å². The number of quaternary nitrogens is 1. The van der Waals surface area contributed by atoms with Crippen LogP contribution in [0.4, 0.5) is 5.13 Å². The zero-order valence-electron chi connectivity index (χ0n) is 13.8. The van der Waals surface area contributed by atoms with E-state index in [1.165, 1.54) is 11.3 Å². The molecule has 0 bridgehead atoms. The summed E-state index contributed by atoms with van der Waals surface area (Å²) in [6.07, 6.45) is 4.17. The highest BCUT2D eigenvalue weighted by Crippen LogP contribution is 2.23. The second kappa shape index (κ2) is 8.29. The predicted molar refractivity (Wildman–Crippen MR) is 98.9 cm³/mol. The van der Waals surface area contributed by atoms with Crippen LogP contribution in [0.5, 0.6) is 0 Å². The number of anilines is 1. The third-order valence-corrected chi connectivity index (χ3v) is 4.99. The third-order valence-electron chi connectivity index (χ3n) is 3.67. The second-order valence-electron chi connectivity index (χ2n) is 5.72. The van der Waals surface area contributed by atoms with Gasteiger partial charge in [0.15, 0.2) is 17.4 Å². The number of rotatable bonds is 7. The standard InChI is InChI=1S/C18H18ClN3O2S/c1-12-4-5-13(8-16(12)19)7-15-10-21-18(25-15)22-17(23)11-20-9-14-3-2-6-24-14/h2-6,8,10,20H,7,9,11H2,1H3,(H,21,22,23)/p+1. The first-order chi connectivity index (χ1) is 12.1. The normalized spacial score (nSPS) is 10.8. The number of nitrogens with two attached hydrogens (primary N) is 1. The van der Waals surface area contributed by atoms with Crippen LogP contribution in [0.15, 0.2) is 47.2 Å². The van der Waals surface area contributed by atoms with Crippen LogP contribution in [0.1, 0.15) is 21.8 Å². The fourth-order valence-electron chi connectivity index (χ4n) is 2.34. The molecule has 0 aliphatic heterocycles. The van der Waals surface area contributed by atoms with Crippen molar-refractivity contribution in [1.29, 1.82) is 0 Å². The van der Waals surface area contributed by atoms with Gasteiger partial charge < -0.3 is 9.73 Å². The molecule has 5 nitrogen and oxygen atoms in total. The maximum atomic E-state index is 12.0. The van der Waals surface area contributed by atoms with E-state index in [2.05, 4.69) is 16.4 Å². The Morgan fingerprint density at radius 3 is 3.04 bits per heavy atom. The third kappa shape index (κ3) is 5.16. The molecule has 0 aliphatic carbocycles. The number of hydrogen-bond donors (Lipinski definition) is 2. The van der Waals surface area contributed by atoms with Crippen molar-refractivity contribution in [2.24, 2.45) is 0 Å². The van der Waals surface area contributed by atoms with Crippen LogP contribution in [-0.4, -0.2) is 17.4 Å². The summed E-state index contributed by atoms with van der Waals surface area (Å²) < 4.78 is 5.23. The van der Waals surface area contributed by atoms with Crippen molar-refractivity contribution in [1.82, 2.24) is 4.98 Å². The summed E-state index contributed by atoms with van der Waals surface area (Å²) in [7, 11) is 0. The van der Waals surface area contributed by atoms with Gasteiger partial charge in [-0.2, -0.15) is 0 Å². The predicted octanol–water partition coefficient (Wildman–Crippen LogP) is 2.99. The number of carbonyl (C=O) groups excluding carboxylic acids is 1. The van der Waals surface area contributed by atoms with Crippen molar-refractivity contribution >= 4 is 34.0 Å². The highest BCUT2D eigenvalue weighted by atomic mass is 35.5. The van der Waals surface area contributed by atoms with E-state index in [9.17, 15) is 4.79 Å². The van der Waals surface area contributed by atoms with Gasteiger partial charge in [0.2, 0.25) is 0 Å². The van der Waals surface area contributed by atoms with E-state index in [0.717, 1.165) is 33.2 Å². The minimum atomic E-state index is -0.0779. The number of halogens is 1. The summed E-state index contributed by atoms with van der Waals surface area (Å²) in [4.78, 5) is 17.3. The van der Waals surface area contributed by atoms with E-state index in [1.807, 2.05) is 36.5 Å². The van der Waals surface area contributed by atoms with Gasteiger partial charge in [-0.1, -0.05) is 23.7 Å². The number of aryl methyl sites for hydroxylation is 1. The molecular weight excluding hydrogens is 358 g/mol. The number of benzene rings is 1. The average molecular weight is 377 g/mol. The Balaban J connectivity index is 1.49. The van der Waals surface area contributed by atoms with Gasteiger partial charge in [-0.25, -0.2) is 4.98 Å². The quantitative estimate of drug-likeness (QED) is 0.665. The summed E-state index contributed by atoms with van der Waals surface area (Å²) in [5, 5.41) is 6.10. The first kappa shape index (κ1) is 17.7. The zero-order chi connectivity index (χ0) is 17.6. The molecule has 3 rings (SSSR count). The Morgan fingerprint density at radius 2 is 2.28 bits per heavy atom. The van der Waals surface area contributed by atoms with Gasteiger partial charge in [0.1, 0.15) is 6.54 Å². The van der Waals surface area contributed by atoms with Crippen molar-refractivity contribution in [3.8, 4) is 0 Å². The van der Waals surface area contributed by atoms with Crippen molar-refractivity contribution in [3.05, 3.63) is 69.6 Å². The number of nitrogens with one attached hydrogen (secondary N) is 1. The molecule has 1 amide bonds. The fraction of sp³-hybridized carbons (Fsp3) is 0.222. The van der Waals surface area contributed by atoms with Crippen LogP contribution in [0.2, 0.25) is 5.02 Å². The van der Waals surface area contributed by atoms with Gasteiger partial charge in [-0.15, -0.1) is 11.3 Å². The molecule has 1 aromatic carbocycles. The molecule has 0 atom stereocenters. The lowest BCUT2D eigenvalue weighted by atomic mass is 10.1. The smallest absolute Gasteiger partial charge is 0.281 e. The van der Waals surface area contributed by atoms with Crippen molar-refractivity contribution in [3.63, 3.8) is 0 Å². The van der Waals surface area contributed by atoms with Gasteiger partial charge in [0.25, 0.3) is 5.91 Å². The van der Waals surface area contributed by atoms with Crippen LogP contribution < -0.4 is 10.6 Å². The summed E-state index contributed by atoms with van der Waals surface area (Å²) in [5.74, 6) is 0.770. The Bertz CT molecular complexity index is 846. The van der Waals surface area contributed by atoms with Crippen molar-refractivity contribution < 1.29 is 14.5 Å². The Hall–Kier alpha value is -2.15. The first-order valence-electron chi connectivity index (χ1n) is 7.94. The molecule has 0 saturated carbocycles. The molecule has 25 heavy (non-hydrogen) atoms. The number of aromatic nitrogens is 1. The van der Waals surface area contributed by atoms with Crippen LogP contribution >= 0.6 is 22.9 Å². The number of hydrogen-bond acceptors (Lipinski definition) is 4. The van der Waals surface area contributed by atoms with Crippen LogP contribution in [-0.2, 0) is 17.8 Å². The number of amides is 1. The van der Waals surface area contributed by atoms with E-state index in [-0.39, 0.29) is 5.91 Å². The topological polar surface area (TPSA) is 71.7 Å². The molecule has 0 saturated heterocycles. The number of furan rings is 1. The van der Waals surface area contributed by atoms with E-state index in [1.54, 1.807) is 12.5 Å². The summed E-state index contributed by atoms with van der Waals surface area (Å²) >= 11 is 7.64. The van der Waals surface area contributed by atoms with E-state index in [0.29, 0.717) is 18.2 Å². The van der Waals surface area contributed by atoms with Gasteiger partial charge in [0.05, 0.1) is 6.26 Å². The Kier molecular flexibility index (Phi) is 5.86. The number of nitrogens with zero attached hydrogens (tertiary/aromatic N) is 1. The maximum Gasteiger partial charge on any atom is 0.281 e. The van der Waals surface area contributed by atoms with Crippen LogP contribution in [0.3, 0.4) is 0 Å². The summed E-state index contributed by atoms with van der Waals surface area (Å²) in [5.41, 5.74) is 2.19. The van der Waals surface area contributed by atoms with Crippen LogP contribution in [0, 0.1) is 6.92 Å². The molecule has 3 aromatic rings. The Labute approximate surface area is 155 Å². The molecule has 3 N–H and O–H groups in total. The average Bonchev–Trinajstić information content (AvgIpc) is 3.23. The Morgan fingerprint density at radius 1 is 1.40 bits per heavy atom. The van der Waals surface area contributed by atoms with Gasteiger partial charge in [-0.05, 0) is 36.2 Å². The monoisotopic (exact) mass is 376 g/mol. The zero-order valence-corrected chi connectivity index (χ0v) is 15.4. The lowest BCUT2D eigenvalue weighted by molar-refractivity contribution is -0.661. The van der Waals surface area contributed by atoms with E-state index < -0.39 is 0 Å². The molecule has 0 unspecified atom stereocenters. The molecule has 130 valence electrons. The molecule has 7 heteroatoms. The molecule has 0 aliphatic rings. The molecule has 0 fully saturated rings. The highest BCUT2D eigenvalue weighted by molar-refractivity contribution is 7.15. The fourth-order valence-corrected chi connectivity index (χ4v) is 3.41. The number of carbonyl (C=O) groups is 1. The van der Waals surface area contributed by atoms with Gasteiger partial charge in [-0.3, -0.25) is 10.1 Å². The highest BCUT2D eigenvalue weighted by Gasteiger charge is 2.10. The lowest BCUT2D eigenvalue weighted by Gasteiger charge is -2.02. The summed E-state index contributed by atoms with van der Waals surface area (Å²) in [6, 6.07) is 9.76. The molecule has 2 aromatic heterocycles. The molecular formula is C18H19ClN3O2S+. The van der Waals surface area contributed by atoms with Crippen molar-refractivity contribution in [2.75, 3.05) is 11.9 Å². The van der Waals surface area contributed by atoms with E-state index >= 15 is 0 Å². The van der Waals surface area contributed by atoms with Crippen LogP contribution in [0.25, 0.3) is 0 Å². The lowest BCUT2D eigenvalue weighted by Crippen LogP contribution is -2.84. The van der Waals surface area contributed by atoms with Gasteiger partial charge in [0, 0.05) is 22.5 Å². The maximum absolute atomic E-state index is 12.0. The van der Waals surface area contributed by atoms with Crippen molar-refractivity contribution in [2.45, 2.75) is 19.9 Å². The first-order valence-corrected chi connectivity index (χ1v) is 9.13. The number of thiazole rings is 1. The SMILES string of the molecule is Cc1ccc(Cc2cnc(NC(=O)C[NH2+]Cc3ccco3)s2)cc1Cl. The molecule has 0 spiro atoms. The second-order valence-corrected chi connectivity index (χ2v) is 7.24. The van der Waals surface area contributed by atoms with Gasteiger partial charge >= 0.3 is 0 Å².